The number of hydrogen-bond donors (Lipinski definition) is 1. The summed E-state index contributed by atoms with van der Waals surface area (Å²) in [6.07, 6.45) is -3.06. The maximum Gasteiger partial charge on any atom is 0.411 e. The molecule has 1 N–H and O–H groups in total. The highest BCUT2D eigenvalue weighted by Gasteiger charge is 2.28. The van der Waals surface area contributed by atoms with Gasteiger partial charge in [0, 0.05) is 0 Å². The molecule has 1 atom stereocenters. The molecule has 1 unspecified atom stereocenters. The fourth-order valence-electron chi connectivity index (χ4n) is 1.23. The Morgan fingerprint density at radius 1 is 1.19 bits per heavy atom. The average molecular weight is 241 g/mol. The van der Waals surface area contributed by atoms with E-state index in [1.165, 1.54) is 0 Å². The van der Waals surface area contributed by atoms with Gasteiger partial charge in [-0.2, -0.15) is 13.2 Å². The van der Waals surface area contributed by atoms with Crippen LogP contribution in [-0.4, -0.2) is 32.0 Å². The lowest BCUT2D eigenvalue weighted by molar-refractivity contribution is -0.184. The molecular formula is C11H22F3NO. The number of rotatable bonds is 8. The summed E-state index contributed by atoms with van der Waals surface area (Å²) in [5.74, 6) is 0.596. The minimum absolute atomic E-state index is 0.331. The van der Waals surface area contributed by atoms with Crippen LogP contribution in [0, 0.1) is 5.92 Å². The van der Waals surface area contributed by atoms with Crippen molar-refractivity contribution >= 4 is 0 Å². The second-order valence-corrected chi connectivity index (χ2v) is 4.48. The Bertz CT molecular complexity index is 171. The quantitative estimate of drug-likeness (QED) is 0.660. The summed E-state index contributed by atoms with van der Waals surface area (Å²) in [7, 11) is 0. The predicted octanol–water partition coefficient (Wildman–Crippen LogP) is 2.98. The van der Waals surface area contributed by atoms with Gasteiger partial charge in [0.25, 0.3) is 0 Å². The van der Waals surface area contributed by atoms with E-state index in [4.69, 9.17) is 0 Å². The SMILES string of the molecule is CC(C)CNCCCC(C)OCC(F)(F)F. The Morgan fingerprint density at radius 2 is 1.81 bits per heavy atom. The Morgan fingerprint density at radius 3 is 2.31 bits per heavy atom. The van der Waals surface area contributed by atoms with Gasteiger partial charge in [0.2, 0.25) is 0 Å². The first-order chi connectivity index (χ1) is 7.31. The lowest BCUT2D eigenvalue weighted by Gasteiger charge is -2.15. The molecule has 0 aromatic rings. The van der Waals surface area contributed by atoms with Crippen LogP contribution in [0.2, 0.25) is 0 Å². The van der Waals surface area contributed by atoms with Gasteiger partial charge in [0.15, 0.2) is 0 Å². The van der Waals surface area contributed by atoms with Crippen LogP contribution in [0.1, 0.15) is 33.6 Å². The predicted molar refractivity (Wildman–Crippen MR) is 58.4 cm³/mol. The maximum atomic E-state index is 11.8. The van der Waals surface area contributed by atoms with Crippen LogP contribution < -0.4 is 5.32 Å². The van der Waals surface area contributed by atoms with Crippen molar-refractivity contribution in [2.75, 3.05) is 19.7 Å². The molecule has 2 nitrogen and oxygen atoms in total. The second kappa shape index (κ2) is 7.90. The van der Waals surface area contributed by atoms with Gasteiger partial charge in [0.05, 0.1) is 6.10 Å². The van der Waals surface area contributed by atoms with Crippen LogP contribution >= 0.6 is 0 Å². The molecule has 0 bridgehead atoms. The van der Waals surface area contributed by atoms with Gasteiger partial charge in [0.1, 0.15) is 6.61 Å². The second-order valence-electron chi connectivity index (χ2n) is 4.48. The van der Waals surface area contributed by atoms with E-state index in [0.29, 0.717) is 12.3 Å². The minimum atomic E-state index is -4.22. The van der Waals surface area contributed by atoms with Crippen LogP contribution in [0.25, 0.3) is 0 Å². The largest absolute Gasteiger partial charge is 0.411 e. The highest BCUT2D eigenvalue weighted by Crippen LogP contribution is 2.16. The molecule has 0 aliphatic rings. The number of halogens is 3. The zero-order chi connectivity index (χ0) is 12.6. The molecule has 5 heteroatoms. The standard InChI is InChI=1S/C11H22F3NO/c1-9(2)7-15-6-4-5-10(3)16-8-11(12,13)14/h9-10,15H,4-8H2,1-3H3. The molecule has 0 aromatic heterocycles. The summed E-state index contributed by atoms with van der Waals surface area (Å²) in [6, 6.07) is 0. The van der Waals surface area contributed by atoms with Crippen molar-refractivity contribution in [2.45, 2.75) is 45.9 Å². The van der Waals surface area contributed by atoms with Crippen LogP contribution in [0.15, 0.2) is 0 Å². The van der Waals surface area contributed by atoms with E-state index in [0.717, 1.165) is 19.5 Å². The van der Waals surface area contributed by atoms with E-state index in [2.05, 4.69) is 23.9 Å². The van der Waals surface area contributed by atoms with Crippen molar-refractivity contribution in [3.05, 3.63) is 0 Å². The fourth-order valence-corrected chi connectivity index (χ4v) is 1.23. The molecule has 16 heavy (non-hydrogen) atoms. The first-order valence-electron chi connectivity index (χ1n) is 5.70. The Hall–Kier alpha value is -0.290. The number of alkyl halides is 3. The lowest BCUT2D eigenvalue weighted by Crippen LogP contribution is -2.24. The molecule has 0 rings (SSSR count). The summed E-state index contributed by atoms with van der Waals surface area (Å²) in [4.78, 5) is 0. The molecule has 98 valence electrons. The zero-order valence-corrected chi connectivity index (χ0v) is 10.2. The van der Waals surface area contributed by atoms with Crippen molar-refractivity contribution in [3.8, 4) is 0 Å². The third kappa shape index (κ3) is 11.8. The molecule has 0 heterocycles. The molecule has 0 saturated heterocycles. The van der Waals surface area contributed by atoms with Crippen molar-refractivity contribution in [3.63, 3.8) is 0 Å². The van der Waals surface area contributed by atoms with Gasteiger partial charge in [-0.15, -0.1) is 0 Å². The highest BCUT2D eigenvalue weighted by atomic mass is 19.4. The third-order valence-corrected chi connectivity index (χ3v) is 2.05. The normalized spacial score (nSPS) is 14.4. The molecule has 0 spiro atoms. The van der Waals surface area contributed by atoms with Gasteiger partial charge in [-0.1, -0.05) is 13.8 Å². The first-order valence-corrected chi connectivity index (χ1v) is 5.70. The molecule has 0 aliphatic carbocycles. The van der Waals surface area contributed by atoms with Crippen molar-refractivity contribution in [2.24, 2.45) is 5.92 Å². The van der Waals surface area contributed by atoms with Crippen molar-refractivity contribution < 1.29 is 17.9 Å². The smallest absolute Gasteiger partial charge is 0.369 e. The summed E-state index contributed by atoms with van der Waals surface area (Å²) in [5, 5.41) is 3.23. The number of hydrogen-bond acceptors (Lipinski definition) is 2. The first kappa shape index (κ1) is 15.7. The summed E-state index contributed by atoms with van der Waals surface area (Å²) < 4.78 is 40.1. The molecule has 0 aliphatic heterocycles. The molecule has 0 radical (unpaired) electrons. The van der Waals surface area contributed by atoms with Crippen LogP contribution in [-0.2, 0) is 4.74 Å². The van der Waals surface area contributed by atoms with E-state index in [1.54, 1.807) is 6.92 Å². The zero-order valence-electron chi connectivity index (χ0n) is 10.2. The molecule has 0 amide bonds. The topological polar surface area (TPSA) is 21.3 Å². The molecule has 0 saturated carbocycles. The van der Waals surface area contributed by atoms with Crippen LogP contribution in [0.3, 0.4) is 0 Å². The van der Waals surface area contributed by atoms with Gasteiger partial charge >= 0.3 is 6.18 Å². The number of ether oxygens (including phenoxy) is 1. The Balaban J connectivity index is 3.34. The van der Waals surface area contributed by atoms with Gasteiger partial charge < -0.3 is 10.1 Å². The summed E-state index contributed by atoms with van der Waals surface area (Å²) in [5.41, 5.74) is 0. The Labute approximate surface area is 95.5 Å². The fraction of sp³-hybridized carbons (Fsp3) is 1.00. The molecule has 0 fully saturated rings. The minimum Gasteiger partial charge on any atom is -0.369 e. The van der Waals surface area contributed by atoms with Crippen LogP contribution in [0.5, 0.6) is 0 Å². The van der Waals surface area contributed by atoms with Crippen LogP contribution in [0.4, 0.5) is 13.2 Å². The monoisotopic (exact) mass is 241 g/mol. The van der Waals surface area contributed by atoms with E-state index in [-0.39, 0.29) is 6.10 Å². The van der Waals surface area contributed by atoms with E-state index < -0.39 is 12.8 Å². The third-order valence-electron chi connectivity index (χ3n) is 2.05. The van der Waals surface area contributed by atoms with E-state index in [1.807, 2.05) is 0 Å². The number of nitrogens with one attached hydrogen (secondary N) is 1. The molecular weight excluding hydrogens is 219 g/mol. The van der Waals surface area contributed by atoms with E-state index in [9.17, 15) is 13.2 Å². The summed E-state index contributed by atoms with van der Waals surface area (Å²) >= 11 is 0. The van der Waals surface area contributed by atoms with E-state index >= 15 is 0 Å². The maximum absolute atomic E-state index is 11.8. The lowest BCUT2D eigenvalue weighted by atomic mass is 10.2. The average Bonchev–Trinajstić information content (AvgIpc) is 2.12. The van der Waals surface area contributed by atoms with Crippen molar-refractivity contribution in [1.29, 1.82) is 0 Å². The molecule has 0 aromatic carbocycles. The highest BCUT2D eigenvalue weighted by molar-refractivity contribution is 4.57. The van der Waals surface area contributed by atoms with Gasteiger partial charge in [-0.3, -0.25) is 0 Å². The van der Waals surface area contributed by atoms with Crippen molar-refractivity contribution in [1.82, 2.24) is 5.32 Å². The van der Waals surface area contributed by atoms with Gasteiger partial charge in [-0.25, -0.2) is 0 Å². The van der Waals surface area contributed by atoms with Gasteiger partial charge in [-0.05, 0) is 38.8 Å². The Kier molecular flexibility index (Phi) is 7.76. The summed E-state index contributed by atoms with van der Waals surface area (Å²) in [6.45, 7) is 6.53.